The van der Waals surface area contributed by atoms with Crippen molar-refractivity contribution in [2.24, 2.45) is 0 Å². The Morgan fingerprint density at radius 2 is 1.88 bits per heavy atom. The van der Waals surface area contributed by atoms with Crippen LogP contribution in [0.4, 0.5) is 0 Å². The first-order valence-electron chi connectivity index (χ1n) is 6.35. The molecule has 2 aromatic rings. The van der Waals surface area contributed by atoms with Crippen LogP contribution in [0.2, 0.25) is 0 Å². The van der Waals surface area contributed by atoms with E-state index in [-0.39, 0.29) is 0 Å². The third kappa shape index (κ3) is 2.23. The summed E-state index contributed by atoms with van der Waals surface area (Å²) >= 11 is 0. The van der Waals surface area contributed by atoms with Crippen molar-refractivity contribution >= 4 is 0 Å². The molecule has 1 unspecified atom stereocenters. The molecule has 1 saturated carbocycles. The standard InChI is InChI=1S/C16H17N/c1-12(13-5-3-2-4-6-13)16-11-15(9-10-17-16)14-7-8-14/h2-6,9-12,14H,7-8H2,1H3. The summed E-state index contributed by atoms with van der Waals surface area (Å²) in [6, 6.07) is 15.1. The highest BCUT2D eigenvalue weighted by Gasteiger charge is 2.24. The molecule has 0 saturated heterocycles. The topological polar surface area (TPSA) is 12.9 Å². The van der Waals surface area contributed by atoms with Gasteiger partial charge in [0, 0.05) is 17.8 Å². The summed E-state index contributed by atoms with van der Waals surface area (Å²) in [4.78, 5) is 4.53. The molecular formula is C16H17N. The zero-order valence-electron chi connectivity index (χ0n) is 10.1. The third-order valence-electron chi connectivity index (χ3n) is 3.60. The lowest BCUT2D eigenvalue weighted by atomic mass is 9.96. The van der Waals surface area contributed by atoms with Crippen LogP contribution in [-0.2, 0) is 0 Å². The van der Waals surface area contributed by atoms with Crippen molar-refractivity contribution in [2.45, 2.75) is 31.6 Å². The van der Waals surface area contributed by atoms with Crippen molar-refractivity contribution in [3.05, 3.63) is 65.5 Å². The van der Waals surface area contributed by atoms with E-state index >= 15 is 0 Å². The fourth-order valence-electron chi connectivity index (χ4n) is 2.29. The van der Waals surface area contributed by atoms with Gasteiger partial charge in [0.15, 0.2) is 0 Å². The number of aromatic nitrogens is 1. The minimum atomic E-state index is 0.384. The van der Waals surface area contributed by atoms with E-state index in [9.17, 15) is 0 Å². The van der Waals surface area contributed by atoms with E-state index in [1.807, 2.05) is 6.20 Å². The van der Waals surface area contributed by atoms with Crippen LogP contribution in [0.5, 0.6) is 0 Å². The van der Waals surface area contributed by atoms with Crippen molar-refractivity contribution in [1.29, 1.82) is 0 Å². The van der Waals surface area contributed by atoms with E-state index in [0.717, 1.165) is 5.92 Å². The van der Waals surface area contributed by atoms with E-state index in [4.69, 9.17) is 0 Å². The molecule has 86 valence electrons. The van der Waals surface area contributed by atoms with Crippen LogP contribution in [0.1, 0.15) is 48.4 Å². The van der Waals surface area contributed by atoms with Crippen LogP contribution in [0.25, 0.3) is 0 Å². The Labute approximate surface area is 103 Å². The van der Waals surface area contributed by atoms with Crippen LogP contribution >= 0.6 is 0 Å². The van der Waals surface area contributed by atoms with Gasteiger partial charge in [-0.25, -0.2) is 0 Å². The maximum atomic E-state index is 4.53. The van der Waals surface area contributed by atoms with Gasteiger partial charge in [-0.2, -0.15) is 0 Å². The molecule has 0 amide bonds. The van der Waals surface area contributed by atoms with Crippen molar-refractivity contribution < 1.29 is 0 Å². The SMILES string of the molecule is CC(c1ccccc1)c1cc(C2CC2)ccn1. The largest absolute Gasteiger partial charge is 0.261 e. The van der Waals surface area contributed by atoms with Crippen LogP contribution in [0, 0.1) is 0 Å². The lowest BCUT2D eigenvalue weighted by Gasteiger charge is -2.12. The second kappa shape index (κ2) is 4.33. The van der Waals surface area contributed by atoms with E-state index < -0.39 is 0 Å². The molecule has 1 aliphatic rings. The molecule has 0 N–H and O–H groups in total. The highest BCUT2D eigenvalue weighted by Crippen LogP contribution is 2.40. The molecular weight excluding hydrogens is 206 g/mol. The average Bonchev–Trinajstić information content (AvgIpc) is 3.23. The van der Waals surface area contributed by atoms with Crippen LogP contribution < -0.4 is 0 Å². The monoisotopic (exact) mass is 223 g/mol. The number of hydrogen-bond donors (Lipinski definition) is 0. The predicted octanol–water partition coefficient (Wildman–Crippen LogP) is 4.11. The zero-order valence-corrected chi connectivity index (χ0v) is 10.1. The van der Waals surface area contributed by atoms with Crippen molar-refractivity contribution in [2.75, 3.05) is 0 Å². The number of hydrogen-bond acceptors (Lipinski definition) is 1. The summed E-state index contributed by atoms with van der Waals surface area (Å²) in [7, 11) is 0. The molecule has 0 bridgehead atoms. The Bertz CT molecular complexity index is 500. The van der Waals surface area contributed by atoms with Gasteiger partial charge in [0.1, 0.15) is 0 Å². The summed E-state index contributed by atoms with van der Waals surface area (Å²) in [6.07, 6.45) is 4.66. The Morgan fingerprint density at radius 1 is 1.12 bits per heavy atom. The molecule has 0 spiro atoms. The van der Waals surface area contributed by atoms with E-state index in [2.05, 4.69) is 54.4 Å². The van der Waals surface area contributed by atoms with Gasteiger partial charge in [0.2, 0.25) is 0 Å². The highest BCUT2D eigenvalue weighted by molar-refractivity contribution is 5.32. The van der Waals surface area contributed by atoms with Crippen LogP contribution in [-0.4, -0.2) is 4.98 Å². The molecule has 0 radical (unpaired) electrons. The average molecular weight is 223 g/mol. The minimum Gasteiger partial charge on any atom is -0.261 e. The van der Waals surface area contributed by atoms with Gasteiger partial charge in [-0.05, 0) is 42.0 Å². The molecule has 1 heterocycles. The first-order valence-corrected chi connectivity index (χ1v) is 6.35. The molecule has 1 aromatic carbocycles. The second-order valence-corrected chi connectivity index (χ2v) is 4.92. The Kier molecular flexibility index (Phi) is 2.68. The first-order chi connectivity index (χ1) is 8.34. The zero-order chi connectivity index (χ0) is 11.7. The van der Waals surface area contributed by atoms with Crippen molar-refractivity contribution in [1.82, 2.24) is 4.98 Å². The first kappa shape index (κ1) is 10.5. The molecule has 1 atom stereocenters. The number of benzene rings is 1. The number of rotatable bonds is 3. The van der Waals surface area contributed by atoms with E-state index in [1.165, 1.54) is 29.7 Å². The van der Waals surface area contributed by atoms with Gasteiger partial charge >= 0.3 is 0 Å². The normalized spacial score (nSPS) is 16.8. The predicted molar refractivity (Wildman–Crippen MR) is 70.2 cm³/mol. The molecule has 0 aliphatic heterocycles. The van der Waals surface area contributed by atoms with Crippen LogP contribution in [0.3, 0.4) is 0 Å². The van der Waals surface area contributed by atoms with Gasteiger partial charge < -0.3 is 0 Å². The van der Waals surface area contributed by atoms with Gasteiger partial charge in [0.05, 0.1) is 0 Å². The molecule has 3 rings (SSSR count). The van der Waals surface area contributed by atoms with Crippen molar-refractivity contribution in [3.63, 3.8) is 0 Å². The molecule has 1 heteroatoms. The third-order valence-corrected chi connectivity index (χ3v) is 3.60. The van der Waals surface area contributed by atoms with E-state index in [0.29, 0.717) is 5.92 Å². The fourth-order valence-corrected chi connectivity index (χ4v) is 2.29. The van der Waals surface area contributed by atoms with Gasteiger partial charge in [0.25, 0.3) is 0 Å². The lowest BCUT2D eigenvalue weighted by molar-refractivity contribution is 0.863. The van der Waals surface area contributed by atoms with Gasteiger partial charge in [-0.1, -0.05) is 37.3 Å². The van der Waals surface area contributed by atoms with Crippen LogP contribution in [0.15, 0.2) is 48.7 Å². The molecule has 1 aromatic heterocycles. The Hall–Kier alpha value is -1.63. The smallest absolute Gasteiger partial charge is 0.0478 e. The molecule has 1 aliphatic carbocycles. The Balaban J connectivity index is 1.90. The fraction of sp³-hybridized carbons (Fsp3) is 0.312. The number of nitrogens with zero attached hydrogens (tertiary/aromatic N) is 1. The molecule has 1 fully saturated rings. The second-order valence-electron chi connectivity index (χ2n) is 4.92. The molecule has 17 heavy (non-hydrogen) atoms. The summed E-state index contributed by atoms with van der Waals surface area (Å²) in [5, 5.41) is 0. The van der Waals surface area contributed by atoms with Gasteiger partial charge in [-0.3, -0.25) is 4.98 Å². The summed E-state index contributed by atoms with van der Waals surface area (Å²) in [5.41, 5.74) is 4.01. The number of pyridine rings is 1. The summed E-state index contributed by atoms with van der Waals surface area (Å²) in [5.74, 6) is 1.19. The summed E-state index contributed by atoms with van der Waals surface area (Å²) in [6.45, 7) is 2.23. The maximum absolute atomic E-state index is 4.53. The summed E-state index contributed by atoms with van der Waals surface area (Å²) < 4.78 is 0. The lowest BCUT2D eigenvalue weighted by Crippen LogP contribution is -1.99. The minimum absolute atomic E-state index is 0.384. The Morgan fingerprint density at radius 3 is 2.59 bits per heavy atom. The van der Waals surface area contributed by atoms with Crippen molar-refractivity contribution in [3.8, 4) is 0 Å². The highest BCUT2D eigenvalue weighted by atomic mass is 14.7. The van der Waals surface area contributed by atoms with Gasteiger partial charge in [-0.15, -0.1) is 0 Å². The molecule has 1 nitrogen and oxygen atoms in total. The van der Waals surface area contributed by atoms with E-state index in [1.54, 1.807) is 0 Å². The quantitative estimate of drug-likeness (QED) is 0.763. The maximum Gasteiger partial charge on any atom is 0.0478 e.